The van der Waals surface area contributed by atoms with Crippen molar-refractivity contribution in [2.45, 2.75) is 20.4 Å². The van der Waals surface area contributed by atoms with Gasteiger partial charge in [0.05, 0.1) is 6.54 Å². The summed E-state index contributed by atoms with van der Waals surface area (Å²) in [7, 11) is 0. The van der Waals surface area contributed by atoms with Gasteiger partial charge in [0.25, 0.3) is 0 Å². The van der Waals surface area contributed by atoms with Gasteiger partial charge in [-0.25, -0.2) is 0 Å². The van der Waals surface area contributed by atoms with E-state index in [1.165, 1.54) is 22.2 Å². The molecule has 0 aliphatic heterocycles. The van der Waals surface area contributed by atoms with E-state index >= 15 is 0 Å². The van der Waals surface area contributed by atoms with Gasteiger partial charge in [-0.15, -0.1) is 0 Å². The third-order valence-electron chi connectivity index (χ3n) is 4.15. The number of fused-ring (bicyclic) bond motifs is 1. The first-order chi connectivity index (χ1) is 10.7. The van der Waals surface area contributed by atoms with Crippen LogP contribution >= 0.6 is 0 Å². The third-order valence-corrected chi connectivity index (χ3v) is 4.15. The van der Waals surface area contributed by atoms with Crippen molar-refractivity contribution in [3.05, 3.63) is 65.4 Å². The van der Waals surface area contributed by atoms with Crippen molar-refractivity contribution >= 4 is 17.2 Å². The lowest BCUT2D eigenvalue weighted by atomic mass is 10.2. The Morgan fingerprint density at radius 3 is 2.50 bits per heavy atom. The fraction of sp³-hybridized carbons (Fsp3) is 0.211. The molecule has 1 heterocycles. The van der Waals surface area contributed by atoms with Crippen molar-refractivity contribution in [1.82, 2.24) is 4.57 Å². The Labute approximate surface area is 130 Å². The molecular weight excluding hydrogens is 274 g/mol. The Bertz CT molecular complexity index is 800. The summed E-state index contributed by atoms with van der Waals surface area (Å²) >= 11 is 0. The van der Waals surface area contributed by atoms with E-state index in [1.807, 2.05) is 12.1 Å². The number of nitrogens with zero attached hydrogens (tertiary/aromatic N) is 1. The minimum absolute atomic E-state index is 0.597. The summed E-state index contributed by atoms with van der Waals surface area (Å²) < 4.78 is 8.08. The van der Waals surface area contributed by atoms with E-state index in [0.29, 0.717) is 12.2 Å². The number of aryl methyl sites for hydroxylation is 1. The van der Waals surface area contributed by atoms with Crippen LogP contribution in [0, 0.1) is 13.8 Å². The van der Waals surface area contributed by atoms with E-state index in [4.69, 9.17) is 4.74 Å². The second kappa shape index (κ2) is 6.06. The first kappa shape index (κ1) is 14.4. The Kier molecular flexibility index (Phi) is 3.96. The molecule has 22 heavy (non-hydrogen) atoms. The lowest BCUT2D eigenvalue weighted by molar-refractivity contribution is 0.112. The van der Waals surface area contributed by atoms with Crippen LogP contribution in [0.2, 0.25) is 0 Å². The minimum Gasteiger partial charge on any atom is -0.492 e. The van der Waals surface area contributed by atoms with Gasteiger partial charge in [0, 0.05) is 22.2 Å². The highest BCUT2D eigenvalue weighted by Gasteiger charge is 2.09. The Morgan fingerprint density at radius 2 is 1.77 bits per heavy atom. The van der Waals surface area contributed by atoms with Crippen LogP contribution < -0.4 is 4.74 Å². The highest BCUT2D eigenvalue weighted by Crippen LogP contribution is 2.24. The number of benzene rings is 2. The number of carbonyl (C=O) groups excluding carboxylic acids is 1. The van der Waals surface area contributed by atoms with Gasteiger partial charge < -0.3 is 9.30 Å². The number of para-hydroxylation sites is 1. The monoisotopic (exact) mass is 293 g/mol. The van der Waals surface area contributed by atoms with E-state index < -0.39 is 0 Å². The molecule has 0 saturated heterocycles. The van der Waals surface area contributed by atoms with Crippen molar-refractivity contribution < 1.29 is 9.53 Å². The van der Waals surface area contributed by atoms with Crippen LogP contribution in [-0.2, 0) is 6.54 Å². The van der Waals surface area contributed by atoms with Gasteiger partial charge in [-0.05, 0) is 49.7 Å². The zero-order chi connectivity index (χ0) is 15.5. The summed E-state index contributed by atoms with van der Waals surface area (Å²) in [6, 6.07) is 15.6. The second-order valence-electron chi connectivity index (χ2n) is 5.41. The first-order valence-corrected chi connectivity index (χ1v) is 7.43. The van der Waals surface area contributed by atoms with E-state index in [0.717, 1.165) is 18.6 Å². The standard InChI is InChI=1S/C19H19NO2/c1-14-15(2)20(19-6-4-3-5-18(14)19)11-12-22-17-9-7-16(13-21)8-10-17/h3-10,13H,11-12H2,1-2H3. The molecule has 3 aromatic rings. The molecule has 0 spiro atoms. The Hall–Kier alpha value is -2.55. The van der Waals surface area contributed by atoms with E-state index in [-0.39, 0.29) is 0 Å². The van der Waals surface area contributed by atoms with Crippen molar-refractivity contribution in [3.63, 3.8) is 0 Å². The molecular formula is C19H19NO2. The summed E-state index contributed by atoms with van der Waals surface area (Å²) in [4.78, 5) is 10.6. The van der Waals surface area contributed by atoms with Crippen molar-refractivity contribution in [2.24, 2.45) is 0 Å². The average Bonchev–Trinajstić information content (AvgIpc) is 2.81. The van der Waals surface area contributed by atoms with Crippen LogP contribution in [0.1, 0.15) is 21.6 Å². The largest absolute Gasteiger partial charge is 0.492 e. The van der Waals surface area contributed by atoms with Gasteiger partial charge in [0.15, 0.2) is 0 Å². The highest BCUT2D eigenvalue weighted by molar-refractivity contribution is 5.85. The van der Waals surface area contributed by atoms with E-state index in [2.05, 4.69) is 42.7 Å². The molecule has 1 aromatic heterocycles. The number of ether oxygens (including phenoxy) is 1. The lowest BCUT2D eigenvalue weighted by Gasteiger charge is -2.10. The number of carbonyl (C=O) groups is 1. The quantitative estimate of drug-likeness (QED) is 0.662. The molecule has 0 N–H and O–H groups in total. The number of hydrogen-bond donors (Lipinski definition) is 0. The van der Waals surface area contributed by atoms with Crippen molar-refractivity contribution in [2.75, 3.05) is 6.61 Å². The highest BCUT2D eigenvalue weighted by atomic mass is 16.5. The minimum atomic E-state index is 0.597. The fourth-order valence-corrected chi connectivity index (χ4v) is 2.79. The zero-order valence-electron chi connectivity index (χ0n) is 12.9. The molecule has 0 atom stereocenters. The van der Waals surface area contributed by atoms with E-state index in [9.17, 15) is 4.79 Å². The summed E-state index contributed by atoms with van der Waals surface area (Å²) in [6.07, 6.45) is 0.835. The van der Waals surface area contributed by atoms with Gasteiger partial charge in [0.2, 0.25) is 0 Å². The maximum Gasteiger partial charge on any atom is 0.150 e. The van der Waals surface area contributed by atoms with Crippen molar-refractivity contribution in [3.8, 4) is 5.75 Å². The molecule has 0 unspecified atom stereocenters. The fourth-order valence-electron chi connectivity index (χ4n) is 2.79. The van der Waals surface area contributed by atoms with Gasteiger partial charge >= 0.3 is 0 Å². The predicted molar refractivity (Wildman–Crippen MR) is 88.7 cm³/mol. The van der Waals surface area contributed by atoms with E-state index in [1.54, 1.807) is 12.1 Å². The van der Waals surface area contributed by atoms with Crippen LogP contribution in [0.25, 0.3) is 10.9 Å². The zero-order valence-corrected chi connectivity index (χ0v) is 12.9. The number of aromatic nitrogens is 1. The lowest BCUT2D eigenvalue weighted by Crippen LogP contribution is -2.09. The number of aldehydes is 1. The molecule has 2 aromatic carbocycles. The molecule has 0 aliphatic carbocycles. The number of hydrogen-bond acceptors (Lipinski definition) is 2. The molecule has 3 rings (SSSR count). The van der Waals surface area contributed by atoms with Gasteiger partial charge in [-0.2, -0.15) is 0 Å². The normalized spacial score (nSPS) is 10.8. The maximum atomic E-state index is 10.6. The molecule has 0 fully saturated rings. The SMILES string of the molecule is Cc1c(C)n(CCOc2ccc(C=O)cc2)c2ccccc12. The predicted octanol–water partition coefficient (Wildman–Crippen LogP) is 4.15. The van der Waals surface area contributed by atoms with Gasteiger partial charge in [-0.1, -0.05) is 18.2 Å². The van der Waals surface area contributed by atoms with Crippen LogP contribution in [0.3, 0.4) is 0 Å². The summed E-state index contributed by atoms with van der Waals surface area (Å²) in [6.45, 7) is 5.70. The average molecular weight is 293 g/mol. The molecule has 3 heteroatoms. The van der Waals surface area contributed by atoms with Crippen LogP contribution in [0.5, 0.6) is 5.75 Å². The van der Waals surface area contributed by atoms with Gasteiger partial charge in [-0.3, -0.25) is 4.79 Å². The molecule has 0 radical (unpaired) electrons. The molecule has 0 amide bonds. The number of rotatable bonds is 5. The third kappa shape index (κ3) is 2.62. The molecule has 0 bridgehead atoms. The second-order valence-corrected chi connectivity index (χ2v) is 5.41. The van der Waals surface area contributed by atoms with Crippen LogP contribution in [-0.4, -0.2) is 17.5 Å². The molecule has 0 aliphatic rings. The summed E-state index contributed by atoms with van der Waals surface area (Å²) in [5.41, 5.74) is 4.51. The topological polar surface area (TPSA) is 31.2 Å². The maximum absolute atomic E-state index is 10.6. The van der Waals surface area contributed by atoms with Crippen LogP contribution in [0.15, 0.2) is 48.5 Å². The van der Waals surface area contributed by atoms with Crippen LogP contribution in [0.4, 0.5) is 0 Å². The van der Waals surface area contributed by atoms with Gasteiger partial charge in [0.1, 0.15) is 18.6 Å². The molecule has 3 nitrogen and oxygen atoms in total. The summed E-state index contributed by atoms with van der Waals surface area (Å²) in [5, 5.41) is 1.30. The Balaban J connectivity index is 1.74. The smallest absolute Gasteiger partial charge is 0.150 e. The molecule has 0 saturated carbocycles. The molecule has 112 valence electrons. The Morgan fingerprint density at radius 1 is 1.05 bits per heavy atom. The first-order valence-electron chi connectivity index (χ1n) is 7.43. The summed E-state index contributed by atoms with van der Waals surface area (Å²) in [5.74, 6) is 0.788. The van der Waals surface area contributed by atoms with Crippen molar-refractivity contribution in [1.29, 1.82) is 0 Å².